The highest BCUT2D eigenvalue weighted by molar-refractivity contribution is 9.10. The number of anilines is 1. The molecular weight excluding hydrogens is 534 g/mol. The molecule has 174 valence electrons. The van der Waals surface area contributed by atoms with E-state index in [1.54, 1.807) is 6.92 Å². The predicted molar refractivity (Wildman–Crippen MR) is 140 cm³/mol. The second-order valence-electron chi connectivity index (χ2n) is 7.30. The molecule has 0 atom stereocenters. The highest BCUT2D eigenvalue weighted by atomic mass is 79.9. The minimum atomic E-state index is 0.0922. The third-order valence-corrected chi connectivity index (χ3v) is 6.91. The number of aryl methyl sites for hydroxylation is 1. The van der Waals surface area contributed by atoms with E-state index < -0.39 is 0 Å². The van der Waals surface area contributed by atoms with Crippen molar-refractivity contribution in [2.45, 2.75) is 60.3 Å². The van der Waals surface area contributed by atoms with Crippen molar-refractivity contribution >= 4 is 49.0 Å². The molecule has 0 radical (unpaired) electrons. The third-order valence-electron chi connectivity index (χ3n) is 5.62. The molecule has 0 spiro atoms. The summed E-state index contributed by atoms with van der Waals surface area (Å²) in [6.45, 7) is 11.0. The number of fused-ring (bicyclic) bond motifs is 2. The summed E-state index contributed by atoms with van der Waals surface area (Å²) in [6, 6.07) is 3.99. The number of phenolic OH excluding ortho intramolecular Hbond substituents is 1. The largest absolute Gasteiger partial charge is 0.505 e. The second-order valence-corrected chi connectivity index (χ2v) is 9.01. The van der Waals surface area contributed by atoms with Crippen LogP contribution >= 0.6 is 31.9 Å². The van der Waals surface area contributed by atoms with Gasteiger partial charge in [0.2, 0.25) is 5.91 Å². The van der Waals surface area contributed by atoms with Crippen LogP contribution in [0.1, 0.15) is 69.8 Å². The van der Waals surface area contributed by atoms with E-state index in [-0.39, 0.29) is 11.7 Å². The number of piperidine rings is 1. The molecule has 1 fully saturated rings. The standard InChI is InChI=1S/C21H21Br2N3O2.2C2H6/c1-11(27)26-6-4-12(5-7-26)18-16-9-17(24)21(28)19(23)15(16)3-2-13-8-14(22)10-25-20(13)18;2*1-2/h8-10,28H,2-7,24H2,1H3;2*1-2H3. The van der Waals surface area contributed by atoms with Crippen LogP contribution in [0.5, 0.6) is 5.75 Å². The fraction of sp³-hybridized carbons (Fsp3) is 0.440. The Morgan fingerprint density at radius 1 is 1.06 bits per heavy atom. The number of nitrogens with zero attached hydrogens (tertiary/aromatic N) is 2. The van der Waals surface area contributed by atoms with Gasteiger partial charge in [-0.15, -0.1) is 0 Å². The molecule has 7 heteroatoms. The van der Waals surface area contributed by atoms with E-state index in [4.69, 9.17) is 10.7 Å². The van der Waals surface area contributed by atoms with Crippen molar-refractivity contribution in [2.75, 3.05) is 18.8 Å². The molecule has 3 N–H and O–H groups in total. The molecule has 4 rings (SSSR count). The topological polar surface area (TPSA) is 79.5 Å². The molecule has 32 heavy (non-hydrogen) atoms. The van der Waals surface area contributed by atoms with E-state index in [0.29, 0.717) is 23.2 Å². The summed E-state index contributed by atoms with van der Waals surface area (Å²) in [4.78, 5) is 18.4. The highest BCUT2D eigenvalue weighted by Gasteiger charge is 2.28. The molecule has 2 aromatic rings. The lowest BCUT2D eigenvalue weighted by Gasteiger charge is -2.29. The Hall–Kier alpha value is -1.86. The van der Waals surface area contributed by atoms with Gasteiger partial charge in [0.15, 0.2) is 5.75 Å². The van der Waals surface area contributed by atoms with Crippen molar-refractivity contribution in [3.05, 3.63) is 55.2 Å². The van der Waals surface area contributed by atoms with Crippen LogP contribution in [0, 0.1) is 0 Å². The molecule has 1 aliphatic carbocycles. The lowest BCUT2D eigenvalue weighted by molar-refractivity contribution is -0.129. The molecule has 1 aliphatic heterocycles. The molecule has 1 aromatic carbocycles. The number of benzene rings is 1. The number of nitrogens with two attached hydrogens (primary N) is 1. The smallest absolute Gasteiger partial charge is 0.219 e. The van der Waals surface area contributed by atoms with Gasteiger partial charge in [0, 0.05) is 36.3 Å². The van der Waals surface area contributed by atoms with Gasteiger partial charge < -0.3 is 15.7 Å². The summed E-state index contributed by atoms with van der Waals surface area (Å²) < 4.78 is 1.61. The molecule has 1 amide bonds. The third kappa shape index (κ3) is 5.37. The number of nitrogen functional groups attached to an aromatic ring is 1. The maximum atomic E-state index is 11.7. The number of aromatic nitrogens is 1. The van der Waals surface area contributed by atoms with Gasteiger partial charge in [-0.1, -0.05) is 33.3 Å². The average molecular weight is 567 g/mol. The van der Waals surface area contributed by atoms with Gasteiger partial charge in [-0.25, -0.2) is 0 Å². The van der Waals surface area contributed by atoms with Crippen molar-refractivity contribution < 1.29 is 9.90 Å². The number of rotatable bonds is 0. The molecule has 5 nitrogen and oxygen atoms in total. The zero-order valence-electron chi connectivity index (χ0n) is 19.6. The Morgan fingerprint density at radius 2 is 1.69 bits per heavy atom. The van der Waals surface area contributed by atoms with Gasteiger partial charge in [0.05, 0.1) is 15.9 Å². The number of halogens is 2. The zero-order chi connectivity index (χ0) is 24.0. The summed E-state index contributed by atoms with van der Waals surface area (Å²) in [6.07, 6.45) is 5.06. The predicted octanol–water partition coefficient (Wildman–Crippen LogP) is 6.49. The number of aromatic hydroxyl groups is 1. The van der Waals surface area contributed by atoms with Gasteiger partial charge in [-0.2, -0.15) is 0 Å². The maximum absolute atomic E-state index is 11.7. The fourth-order valence-corrected chi connectivity index (χ4v) is 5.17. The van der Waals surface area contributed by atoms with E-state index >= 15 is 0 Å². The minimum absolute atomic E-state index is 0.0922. The van der Waals surface area contributed by atoms with Crippen LogP contribution in [0.15, 0.2) is 32.8 Å². The summed E-state index contributed by atoms with van der Waals surface area (Å²) in [5.74, 6) is 0.208. The molecular formula is C25H33Br2N3O2. The number of phenols is 1. The molecule has 2 heterocycles. The number of likely N-dealkylation sites (tertiary alicyclic amines) is 1. The first-order valence-electron chi connectivity index (χ1n) is 11.3. The first-order valence-corrected chi connectivity index (χ1v) is 12.9. The fourth-order valence-electron chi connectivity index (χ4n) is 4.15. The normalized spacial score (nSPS) is 14.8. The van der Waals surface area contributed by atoms with Gasteiger partial charge in [-0.3, -0.25) is 9.78 Å². The molecule has 1 saturated heterocycles. The number of pyridine rings is 1. The average Bonchev–Trinajstić information content (AvgIpc) is 2.97. The van der Waals surface area contributed by atoms with Crippen molar-refractivity contribution in [2.24, 2.45) is 0 Å². The first kappa shape index (κ1) is 26.4. The summed E-state index contributed by atoms with van der Waals surface area (Å²) in [5, 5.41) is 10.4. The number of carbonyl (C=O) groups is 1. The van der Waals surface area contributed by atoms with Gasteiger partial charge in [0.25, 0.3) is 0 Å². The Bertz CT molecular complexity index is 1010. The van der Waals surface area contributed by atoms with E-state index in [9.17, 15) is 9.90 Å². The molecule has 0 bridgehead atoms. The first-order chi connectivity index (χ1) is 15.4. The van der Waals surface area contributed by atoms with Crippen LogP contribution in [0.25, 0.3) is 5.57 Å². The molecule has 0 saturated carbocycles. The van der Waals surface area contributed by atoms with Crippen molar-refractivity contribution in [3.8, 4) is 5.75 Å². The summed E-state index contributed by atoms with van der Waals surface area (Å²) in [5.41, 5.74) is 13.1. The molecule has 1 aromatic heterocycles. The zero-order valence-corrected chi connectivity index (χ0v) is 22.7. The maximum Gasteiger partial charge on any atom is 0.219 e. The second kappa shape index (κ2) is 11.8. The number of hydrogen-bond donors (Lipinski definition) is 2. The molecule has 2 aliphatic rings. The van der Waals surface area contributed by atoms with Crippen molar-refractivity contribution in [1.82, 2.24) is 9.88 Å². The van der Waals surface area contributed by atoms with E-state index in [2.05, 4.69) is 37.9 Å². The van der Waals surface area contributed by atoms with Gasteiger partial charge in [0.1, 0.15) is 0 Å². The van der Waals surface area contributed by atoms with Crippen LogP contribution in [0.2, 0.25) is 0 Å². The SMILES string of the molecule is CC.CC.CC(=O)N1CCC(=C2c3cc(N)c(O)c(Br)c3CCc3cc(Br)cnc32)CC1. The summed E-state index contributed by atoms with van der Waals surface area (Å²) >= 11 is 7.09. The van der Waals surface area contributed by atoms with Gasteiger partial charge >= 0.3 is 0 Å². The lowest BCUT2D eigenvalue weighted by atomic mass is 9.88. The van der Waals surface area contributed by atoms with Crippen molar-refractivity contribution in [1.29, 1.82) is 0 Å². The monoisotopic (exact) mass is 565 g/mol. The Morgan fingerprint density at radius 3 is 2.28 bits per heavy atom. The van der Waals surface area contributed by atoms with Crippen LogP contribution in [0.3, 0.4) is 0 Å². The lowest BCUT2D eigenvalue weighted by Crippen LogP contribution is -2.34. The van der Waals surface area contributed by atoms with Gasteiger partial charge in [-0.05, 0) is 86.4 Å². The molecule has 0 unspecified atom stereocenters. The van der Waals surface area contributed by atoms with Crippen molar-refractivity contribution in [3.63, 3.8) is 0 Å². The Labute approximate surface area is 208 Å². The van der Waals surface area contributed by atoms with Crippen LogP contribution in [-0.2, 0) is 17.6 Å². The van der Waals surface area contributed by atoms with Crippen LogP contribution < -0.4 is 5.73 Å². The van der Waals surface area contributed by atoms with E-state index in [1.165, 1.54) is 11.1 Å². The summed E-state index contributed by atoms with van der Waals surface area (Å²) in [7, 11) is 0. The Kier molecular flexibility index (Phi) is 9.77. The number of carbonyl (C=O) groups excluding carboxylic acids is 1. The minimum Gasteiger partial charge on any atom is -0.505 e. The van der Waals surface area contributed by atoms with Crippen LogP contribution in [-0.4, -0.2) is 34.0 Å². The Balaban J connectivity index is 0.000000860. The number of amides is 1. The quantitative estimate of drug-likeness (QED) is 0.282. The van der Waals surface area contributed by atoms with Crippen LogP contribution in [0.4, 0.5) is 5.69 Å². The van der Waals surface area contributed by atoms with E-state index in [1.807, 2.05) is 44.9 Å². The highest BCUT2D eigenvalue weighted by Crippen LogP contribution is 2.45. The number of hydrogen-bond acceptors (Lipinski definition) is 4. The van der Waals surface area contributed by atoms with E-state index in [0.717, 1.165) is 52.5 Å².